The molecule has 198 valence electrons. The van der Waals surface area contributed by atoms with Crippen LogP contribution in [0.4, 0.5) is 0 Å². The number of primary amides is 1. The van der Waals surface area contributed by atoms with Gasteiger partial charge in [0.1, 0.15) is 18.1 Å². The Labute approximate surface area is 208 Å². The molecule has 1 rings (SSSR count). The molecular weight excluding hydrogens is 474 g/mol. The highest BCUT2D eigenvalue weighted by atomic mass is 16.4. The zero-order valence-electron chi connectivity index (χ0n) is 20.1. The Kier molecular flexibility index (Phi) is 12.0. The maximum atomic E-state index is 12.9. The molecule has 0 saturated carbocycles. The lowest BCUT2D eigenvalue weighted by Gasteiger charge is -2.25. The number of rotatable bonds is 15. The van der Waals surface area contributed by atoms with Crippen molar-refractivity contribution in [3.8, 4) is 0 Å². The van der Waals surface area contributed by atoms with Crippen LogP contribution in [0.2, 0.25) is 0 Å². The predicted octanol–water partition coefficient (Wildman–Crippen LogP) is -1.51. The van der Waals surface area contributed by atoms with E-state index in [2.05, 4.69) is 16.0 Å². The van der Waals surface area contributed by atoms with E-state index in [0.29, 0.717) is 5.56 Å². The normalized spacial score (nSPS) is 14.1. The van der Waals surface area contributed by atoms with Crippen molar-refractivity contribution in [2.45, 2.75) is 63.7 Å². The van der Waals surface area contributed by atoms with E-state index < -0.39 is 72.6 Å². The first-order valence-electron chi connectivity index (χ1n) is 11.2. The Morgan fingerprint density at radius 2 is 1.36 bits per heavy atom. The number of carbonyl (C=O) groups is 6. The van der Waals surface area contributed by atoms with E-state index in [4.69, 9.17) is 16.6 Å². The number of carboxylic acid groups (broad SMARTS) is 2. The van der Waals surface area contributed by atoms with Crippen LogP contribution in [0.25, 0.3) is 0 Å². The Morgan fingerprint density at radius 3 is 1.86 bits per heavy atom. The first-order chi connectivity index (χ1) is 16.8. The van der Waals surface area contributed by atoms with E-state index in [1.54, 1.807) is 44.2 Å². The molecular formula is C23H33N5O8. The molecule has 36 heavy (non-hydrogen) atoms. The van der Waals surface area contributed by atoms with Gasteiger partial charge in [-0.2, -0.15) is 0 Å². The van der Waals surface area contributed by atoms with Gasteiger partial charge in [0.05, 0.1) is 12.5 Å². The van der Waals surface area contributed by atoms with Crippen molar-refractivity contribution < 1.29 is 39.0 Å². The zero-order valence-corrected chi connectivity index (χ0v) is 20.1. The summed E-state index contributed by atoms with van der Waals surface area (Å²) >= 11 is 0. The number of hydrogen-bond donors (Lipinski definition) is 7. The second kappa shape index (κ2) is 14.4. The molecule has 0 radical (unpaired) electrons. The van der Waals surface area contributed by atoms with Crippen LogP contribution in [0.1, 0.15) is 38.7 Å². The molecule has 1 aromatic rings. The minimum atomic E-state index is -1.57. The van der Waals surface area contributed by atoms with Crippen LogP contribution in [-0.4, -0.2) is 69.9 Å². The number of nitrogens with two attached hydrogens (primary N) is 2. The molecule has 0 heterocycles. The topological polar surface area (TPSA) is 231 Å². The average Bonchev–Trinajstić information content (AvgIpc) is 2.80. The molecule has 0 bridgehead atoms. The Morgan fingerprint density at radius 1 is 0.833 bits per heavy atom. The molecule has 0 saturated heterocycles. The summed E-state index contributed by atoms with van der Waals surface area (Å²) < 4.78 is 0. The van der Waals surface area contributed by atoms with Gasteiger partial charge in [-0.05, 0) is 17.9 Å². The lowest BCUT2D eigenvalue weighted by Crippen LogP contribution is -2.58. The van der Waals surface area contributed by atoms with E-state index in [1.165, 1.54) is 0 Å². The number of carboxylic acids is 2. The van der Waals surface area contributed by atoms with Crippen LogP contribution in [0.15, 0.2) is 30.3 Å². The summed E-state index contributed by atoms with van der Waals surface area (Å²) in [7, 11) is 0. The van der Waals surface area contributed by atoms with E-state index in [0.717, 1.165) is 0 Å². The van der Waals surface area contributed by atoms with Gasteiger partial charge in [0, 0.05) is 12.8 Å². The van der Waals surface area contributed by atoms with Crippen LogP contribution >= 0.6 is 0 Å². The van der Waals surface area contributed by atoms with Gasteiger partial charge in [-0.3, -0.25) is 24.0 Å². The van der Waals surface area contributed by atoms with Gasteiger partial charge in [0.15, 0.2) is 0 Å². The molecule has 13 nitrogen and oxygen atoms in total. The number of hydrogen-bond acceptors (Lipinski definition) is 7. The summed E-state index contributed by atoms with van der Waals surface area (Å²) in [5.74, 6) is -6.47. The van der Waals surface area contributed by atoms with Gasteiger partial charge < -0.3 is 37.6 Å². The Hall–Kier alpha value is -4.00. The van der Waals surface area contributed by atoms with Crippen LogP contribution in [0.5, 0.6) is 0 Å². The third kappa shape index (κ3) is 10.5. The molecule has 0 aromatic heterocycles. The minimum absolute atomic E-state index is 0.0659. The smallest absolute Gasteiger partial charge is 0.326 e. The number of amides is 4. The molecule has 1 aromatic carbocycles. The highest BCUT2D eigenvalue weighted by Crippen LogP contribution is 2.07. The Bertz CT molecular complexity index is 953. The summed E-state index contributed by atoms with van der Waals surface area (Å²) in [6.07, 6.45) is -1.54. The van der Waals surface area contributed by atoms with Gasteiger partial charge in [-0.25, -0.2) is 4.79 Å². The van der Waals surface area contributed by atoms with Crippen LogP contribution in [-0.2, 0) is 35.2 Å². The Balaban J connectivity index is 3.04. The van der Waals surface area contributed by atoms with Crippen molar-refractivity contribution in [3.63, 3.8) is 0 Å². The van der Waals surface area contributed by atoms with Crippen molar-refractivity contribution in [2.24, 2.45) is 17.4 Å². The second-order valence-electron chi connectivity index (χ2n) is 8.58. The summed E-state index contributed by atoms with van der Waals surface area (Å²) in [4.78, 5) is 72.3. The zero-order chi connectivity index (χ0) is 27.4. The van der Waals surface area contributed by atoms with Gasteiger partial charge in [0.2, 0.25) is 23.6 Å². The summed E-state index contributed by atoms with van der Waals surface area (Å²) in [5.41, 5.74) is 11.6. The first kappa shape index (κ1) is 30.0. The van der Waals surface area contributed by atoms with Gasteiger partial charge in [-0.1, -0.05) is 44.2 Å². The second-order valence-corrected chi connectivity index (χ2v) is 8.58. The van der Waals surface area contributed by atoms with E-state index in [-0.39, 0.29) is 18.8 Å². The fourth-order valence-electron chi connectivity index (χ4n) is 3.11. The minimum Gasteiger partial charge on any atom is -0.481 e. The van der Waals surface area contributed by atoms with Gasteiger partial charge in [0.25, 0.3) is 0 Å². The maximum absolute atomic E-state index is 12.9. The quantitative estimate of drug-likeness (QED) is 0.146. The number of carbonyl (C=O) groups excluding carboxylic acids is 4. The molecule has 0 spiro atoms. The SMILES string of the molecule is CC(C)C(N)C(=O)NC(CCC(=O)O)C(=O)NC(CC(N)=O)C(=O)NC(Cc1ccccc1)C(=O)O. The molecule has 13 heteroatoms. The molecule has 9 N–H and O–H groups in total. The number of nitrogens with one attached hydrogen (secondary N) is 3. The number of aliphatic carboxylic acids is 2. The molecule has 4 atom stereocenters. The number of benzene rings is 1. The van der Waals surface area contributed by atoms with E-state index in [1.807, 2.05) is 0 Å². The van der Waals surface area contributed by atoms with Crippen molar-refractivity contribution in [1.82, 2.24) is 16.0 Å². The summed E-state index contributed by atoms with van der Waals surface area (Å²) in [5, 5.41) is 25.4. The van der Waals surface area contributed by atoms with E-state index in [9.17, 15) is 33.9 Å². The van der Waals surface area contributed by atoms with Crippen LogP contribution < -0.4 is 27.4 Å². The molecule has 0 fully saturated rings. The monoisotopic (exact) mass is 507 g/mol. The lowest BCUT2D eigenvalue weighted by molar-refractivity contribution is -0.142. The highest BCUT2D eigenvalue weighted by molar-refractivity contribution is 5.96. The third-order valence-electron chi connectivity index (χ3n) is 5.24. The van der Waals surface area contributed by atoms with Crippen LogP contribution in [0, 0.1) is 5.92 Å². The maximum Gasteiger partial charge on any atom is 0.326 e. The summed E-state index contributed by atoms with van der Waals surface area (Å²) in [6.45, 7) is 3.36. The van der Waals surface area contributed by atoms with Crippen molar-refractivity contribution in [2.75, 3.05) is 0 Å². The van der Waals surface area contributed by atoms with Crippen molar-refractivity contribution >= 4 is 35.6 Å². The average molecular weight is 508 g/mol. The summed E-state index contributed by atoms with van der Waals surface area (Å²) in [6, 6.07) is 3.15. The molecule has 4 unspecified atom stereocenters. The highest BCUT2D eigenvalue weighted by Gasteiger charge is 2.32. The third-order valence-corrected chi connectivity index (χ3v) is 5.24. The molecule has 0 aliphatic rings. The van der Waals surface area contributed by atoms with Gasteiger partial charge >= 0.3 is 11.9 Å². The fourth-order valence-corrected chi connectivity index (χ4v) is 3.11. The van der Waals surface area contributed by atoms with Crippen LogP contribution in [0.3, 0.4) is 0 Å². The fraction of sp³-hybridized carbons (Fsp3) is 0.478. The largest absolute Gasteiger partial charge is 0.481 e. The standard InChI is InChI=1S/C23H33N5O8/c1-12(2)19(25)22(34)26-14(8-9-18(30)31)20(32)27-15(11-17(24)29)21(33)28-16(23(35)36)10-13-6-4-3-5-7-13/h3-7,12,14-16,19H,8-11,25H2,1-2H3,(H2,24,29)(H,26,34)(H,27,32)(H,28,33)(H,30,31)(H,35,36). The lowest BCUT2D eigenvalue weighted by atomic mass is 10.0. The first-order valence-corrected chi connectivity index (χ1v) is 11.2. The van der Waals surface area contributed by atoms with Gasteiger partial charge in [-0.15, -0.1) is 0 Å². The molecule has 0 aliphatic carbocycles. The molecule has 0 aliphatic heterocycles. The van der Waals surface area contributed by atoms with Crippen molar-refractivity contribution in [3.05, 3.63) is 35.9 Å². The predicted molar refractivity (Wildman–Crippen MR) is 127 cm³/mol. The molecule has 4 amide bonds. The van der Waals surface area contributed by atoms with E-state index >= 15 is 0 Å². The van der Waals surface area contributed by atoms with Crippen molar-refractivity contribution in [1.29, 1.82) is 0 Å².